The van der Waals surface area contributed by atoms with Gasteiger partial charge in [0.2, 0.25) is 15.9 Å². The SMILES string of the molecule is CC(C)NS(=O)(=O)Cc1ccc(CNC(=O)Cn2c(-c3ccccc3)cc3ccccc32)cc1. The van der Waals surface area contributed by atoms with Crippen LogP contribution in [-0.4, -0.2) is 24.9 Å². The van der Waals surface area contributed by atoms with Crippen LogP contribution in [0.1, 0.15) is 25.0 Å². The average Bonchev–Trinajstić information content (AvgIpc) is 3.16. The molecule has 176 valence electrons. The Morgan fingerprint density at radius 2 is 1.53 bits per heavy atom. The molecular weight excluding hydrogens is 446 g/mol. The Bertz CT molecular complexity index is 1380. The topological polar surface area (TPSA) is 80.2 Å². The maximum atomic E-state index is 12.8. The summed E-state index contributed by atoms with van der Waals surface area (Å²) in [6, 6.07) is 27.3. The number of benzene rings is 3. The van der Waals surface area contributed by atoms with Gasteiger partial charge in [-0.3, -0.25) is 4.79 Å². The lowest BCUT2D eigenvalue weighted by atomic mass is 10.1. The monoisotopic (exact) mass is 475 g/mol. The molecule has 1 amide bonds. The van der Waals surface area contributed by atoms with Gasteiger partial charge in [0.05, 0.1) is 5.75 Å². The fourth-order valence-corrected chi connectivity index (χ4v) is 5.44. The lowest BCUT2D eigenvalue weighted by molar-refractivity contribution is -0.121. The molecule has 4 rings (SSSR count). The van der Waals surface area contributed by atoms with Crippen molar-refractivity contribution in [3.8, 4) is 11.3 Å². The van der Waals surface area contributed by atoms with E-state index in [0.717, 1.165) is 27.7 Å². The first kappa shape index (κ1) is 23.7. The number of carbonyl (C=O) groups excluding carboxylic acids is 1. The molecule has 0 bridgehead atoms. The second-order valence-electron chi connectivity index (χ2n) is 8.67. The van der Waals surface area contributed by atoms with Gasteiger partial charge in [0.1, 0.15) is 6.54 Å². The maximum Gasteiger partial charge on any atom is 0.240 e. The molecule has 1 aromatic heterocycles. The van der Waals surface area contributed by atoms with Crippen LogP contribution < -0.4 is 10.0 Å². The third-order valence-electron chi connectivity index (χ3n) is 5.47. The largest absolute Gasteiger partial charge is 0.350 e. The Morgan fingerprint density at radius 1 is 0.882 bits per heavy atom. The van der Waals surface area contributed by atoms with E-state index in [-0.39, 0.29) is 24.2 Å². The number of carbonyl (C=O) groups is 1. The van der Waals surface area contributed by atoms with Crippen LogP contribution in [0.3, 0.4) is 0 Å². The first-order valence-corrected chi connectivity index (χ1v) is 12.9. The maximum absolute atomic E-state index is 12.8. The second kappa shape index (κ2) is 10.2. The number of nitrogens with zero attached hydrogens (tertiary/aromatic N) is 1. The molecule has 1 heterocycles. The van der Waals surface area contributed by atoms with Gasteiger partial charge in [0.15, 0.2) is 0 Å². The highest BCUT2D eigenvalue weighted by molar-refractivity contribution is 7.88. The third-order valence-corrected chi connectivity index (χ3v) is 7.01. The van der Waals surface area contributed by atoms with E-state index in [1.807, 2.05) is 65.2 Å². The van der Waals surface area contributed by atoms with Gasteiger partial charge >= 0.3 is 0 Å². The molecule has 0 atom stereocenters. The molecule has 0 fully saturated rings. The van der Waals surface area contributed by atoms with Gasteiger partial charge < -0.3 is 9.88 Å². The number of amides is 1. The van der Waals surface area contributed by atoms with E-state index in [1.165, 1.54) is 0 Å². The van der Waals surface area contributed by atoms with Crippen molar-refractivity contribution in [3.05, 3.63) is 96.1 Å². The summed E-state index contributed by atoms with van der Waals surface area (Å²) in [7, 11) is -3.37. The number of para-hydroxylation sites is 1. The molecule has 7 heteroatoms. The van der Waals surface area contributed by atoms with Crippen LogP contribution in [-0.2, 0) is 33.7 Å². The smallest absolute Gasteiger partial charge is 0.240 e. The van der Waals surface area contributed by atoms with E-state index >= 15 is 0 Å². The quantitative estimate of drug-likeness (QED) is 0.375. The Balaban J connectivity index is 1.43. The van der Waals surface area contributed by atoms with Gasteiger partial charge in [0.25, 0.3) is 0 Å². The number of fused-ring (bicyclic) bond motifs is 1. The minimum atomic E-state index is -3.37. The van der Waals surface area contributed by atoms with Crippen molar-refractivity contribution in [2.75, 3.05) is 0 Å². The second-order valence-corrected chi connectivity index (χ2v) is 10.4. The Hall–Kier alpha value is -3.42. The van der Waals surface area contributed by atoms with Crippen LogP contribution in [0.15, 0.2) is 84.9 Å². The van der Waals surface area contributed by atoms with Gasteiger partial charge in [0, 0.05) is 29.2 Å². The van der Waals surface area contributed by atoms with E-state index in [0.29, 0.717) is 12.1 Å². The van der Waals surface area contributed by atoms with Gasteiger partial charge in [-0.1, -0.05) is 72.8 Å². The van der Waals surface area contributed by atoms with Crippen LogP contribution >= 0.6 is 0 Å². The molecule has 6 nitrogen and oxygen atoms in total. The molecule has 4 aromatic rings. The zero-order chi connectivity index (χ0) is 24.1. The number of hydrogen-bond acceptors (Lipinski definition) is 3. The highest BCUT2D eigenvalue weighted by Gasteiger charge is 2.14. The highest BCUT2D eigenvalue weighted by Crippen LogP contribution is 2.28. The number of hydrogen-bond donors (Lipinski definition) is 2. The minimum Gasteiger partial charge on any atom is -0.350 e. The molecule has 0 aliphatic carbocycles. The summed E-state index contributed by atoms with van der Waals surface area (Å²) < 4.78 is 28.9. The lowest BCUT2D eigenvalue weighted by Crippen LogP contribution is -2.31. The predicted octanol–water partition coefficient (Wildman–Crippen LogP) is 4.45. The molecular formula is C27H29N3O3S. The third kappa shape index (κ3) is 5.92. The first-order valence-electron chi connectivity index (χ1n) is 11.3. The molecule has 0 saturated heterocycles. The van der Waals surface area contributed by atoms with E-state index in [4.69, 9.17) is 0 Å². The highest BCUT2D eigenvalue weighted by atomic mass is 32.2. The van der Waals surface area contributed by atoms with Gasteiger partial charge in [-0.05, 0) is 42.7 Å². The zero-order valence-corrected chi connectivity index (χ0v) is 20.2. The molecule has 0 radical (unpaired) electrons. The van der Waals surface area contributed by atoms with Crippen LogP contribution in [0, 0.1) is 0 Å². The fourth-order valence-electron chi connectivity index (χ4n) is 4.00. The van der Waals surface area contributed by atoms with Crippen molar-refractivity contribution >= 4 is 26.8 Å². The summed E-state index contributed by atoms with van der Waals surface area (Å²) in [6.07, 6.45) is 0. The molecule has 0 unspecified atom stereocenters. The van der Waals surface area contributed by atoms with Crippen molar-refractivity contribution in [1.82, 2.24) is 14.6 Å². The summed E-state index contributed by atoms with van der Waals surface area (Å²) >= 11 is 0. The van der Waals surface area contributed by atoms with Crippen LogP contribution in [0.2, 0.25) is 0 Å². The number of rotatable bonds is 9. The number of sulfonamides is 1. The summed E-state index contributed by atoms with van der Waals surface area (Å²) in [5.74, 6) is -0.160. The standard InChI is InChI=1S/C27H29N3O3S/c1-20(2)29-34(32,33)19-22-14-12-21(13-15-22)17-28-27(31)18-30-25-11-7-6-10-24(25)16-26(30)23-8-4-3-5-9-23/h3-16,20,29H,17-19H2,1-2H3,(H,28,31). The Morgan fingerprint density at radius 3 is 2.24 bits per heavy atom. The number of aromatic nitrogens is 1. The van der Waals surface area contributed by atoms with E-state index in [9.17, 15) is 13.2 Å². The van der Waals surface area contributed by atoms with Crippen molar-refractivity contribution in [2.24, 2.45) is 0 Å². The molecule has 0 saturated carbocycles. The van der Waals surface area contributed by atoms with Gasteiger partial charge in [-0.25, -0.2) is 13.1 Å². The van der Waals surface area contributed by atoms with Crippen molar-refractivity contribution < 1.29 is 13.2 Å². The molecule has 0 spiro atoms. The van der Waals surface area contributed by atoms with Crippen LogP contribution in [0.25, 0.3) is 22.2 Å². The fraction of sp³-hybridized carbons (Fsp3) is 0.222. The summed E-state index contributed by atoms with van der Waals surface area (Å²) in [6.45, 7) is 4.16. The van der Waals surface area contributed by atoms with Crippen LogP contribution in [0.5, 0.6) is 0 Å². The first-order chi connectivity index (χ1) is 16.3. The lowest BCUT2D eigenvalue weighted by Gasteiger charge is -2.12. The minimum absolute atomic E-state index is 0.0687. The summed E-state index contributed by atoms with van der Waals surface area (Å²) in [5.41, 5.74) is 4.68. The number of nitrogens with one attached hydrogen (secondary N) is 2. The van der Waals surface area contributed by atoms with Crippen molar-refractivity contribution in [3.63, 3.8) is 0 Å². The Kier molecular flexibility index (Phi) is 7.14. The van der Waals surface area contributed by atoms with Gasteiger partial charge in [-0.2, -0.15) is 0 Å². The molecule has 0 aliphatic rings. The average molecular weight is 476 g/mol. The van der Waals surface area contributed by atoms with Crippen molar-refractivity contribution in [1.29, 1.82) is 0 Å². The van der Waals surface area contributed by atoms with Crippen LogP contribution in [0.4, 0.5) is 0 Å². The van der Waals surface area contributed by atoms with E-state index in [2.05, 4.69) is 22.2 Å². The normalized spacial score (nSPS) is 11.7. The van der Waals surface area contributed by atoms with Crippen molar-refractivity contribution in [2.45, 2.75) is 38.7 Å². The molecule has 34 heavy (non-hydrogen) atoms. The predicted molar refractivity (Wildman–Crippen MR) is 137 cm³/mol. The summed E-state index contributed by atoms with van der Waals surface area (Å²) in [4.78, 5) is 12.8. The van der Waals surface area contributed by atoms with E-state index < -0.39 is 10.0 Å². The Labute approximate surface area is 200 Å². The molecule has 2 N–H and O–H groups in total. The summed E-state index contributed by atoms with van der Waals surface area (Å²) in [5, 5.41) is 4.07. The molecule has 0 aliphatic heterocycles. The van der Waals surface area contributed by atoms with Gasteiger partial charge in [-0.15, -0.1) is 0 Å². The molecule has 3 aromatic carbocycles. The van der Waals surface area contributed by atoms with E-state index in [1.54, 1.807) is 26.0 Å². The zero-order valence-electron chi connectivity index (χ0n) is 19.4.